The van der Waals surface area contributed by atoms with Gasteiger partial charge in [-0.3, -0.25) is 9.59 Å². The van der Waals surface area contributed by atoms with Crippen LogP contribution >= 0.6 is 11.3 Å². The summed E-state index contributed by atoms with van der Waals surface area (Å²) in [7, 11) is 0. The van der Waals surface area contributed by atoms with Crippen molar-refractivity contribution in [3.05, 3.63) is 52.7 Å². The largest absolute Gasteiger partial charge is 0.326 e. The van der Waals surface area contributed by atoms with Crippen molar-refractivity contribution < 1.29 is 9.59 Å². The fraction of sp³-hybridized carbons (Fsp3) is 0.133. The van der Waals surface area contributed by atoms with Crippen LogP contribution in [0.5, 0.6) is 0 Å². The highest BCUT2D eigenvalue weighted by Gasteiger charge is 2.07. The fourth-order valence-electron chi connectivity index (χ4n) is 1.61. The van der Waals surface area contributed by atoms with Crippen LogP contribution in [0.1, 0.15) is 23.0 Å². The van der Waals surface area contributed by atoms with Gasteiger partial charge in [0, 0.05) is 11.4 Å². The molecule has 0 fully saturated rings. The zero-order valence-electron chi connectivity index (χ0n) is 11.5. The molecule has 0 aliphatic heterocycles. The molecular weight excluding hydrogens is 286 g/mol. The molecule has 2 rings (SSSR count). The summed E-state index contributed by atoms with van der Waals surface area (Å²) in [5.41, 5.74) is 3.70. The Balaban J connectivity index is 1.83. The first kappa shape index (κ1) is 14.9. The summed E-state index contributed by atoms with van der Waals surface area (Å²) in [5.74, 6) is -0.444. The lowest BCUT2D eigenvalue weighted by atomic mass is 10.2. The van der Waals surface area contributed by atoms with E-state index in [4.69, 9.17) is 0 Å². The standard InChI is InChI=1S/C15H15N3O2S/c1-11(17-18-15(20)13-8-5-9-21-13)10-14(19)16-12-6-3-2-4-7-12/h2-9H,10H2,1H3,(H,16,19)(H,18,20). The first-order valence-corrected chi connectivity index (χ1v) is 7.25. The Bertz CT molecular complexity index is 636. The lowest BCUT2D eigenvalue weighted by Crippen LogP contribution is -2.20. The van der Waals surface area contributed by atoms with E-state index in [9.17, 15) is 9.59 Å². The van der Waals surface area contributed by atoms with Crippen LogP contribution in [0.15, 0.2) is 52.9 Å². The molecule has 0 aliphatic rings. The summed E-state index contributed by atoms with van der Waals surface area (Å²) < 4.78 is 0. The Morgan fingerprint density at radius 1 is 1.14 bits per heavy atom. The number of nitrogens with zero attached hydrogens (tertiary/aromatic N) is 1. The third-order valence-corrected chi connectivity index (χ3v) is 3.44. The van der Waals surface area contributed by atoms with Gasteiger partial charge in [0.1, 0.15) is 0 Å². The van der Waals surface area contributed by atoms with Crippen LogP contribution in [0, 0.1) is 0 Å². The molecule has 0 saturated carbocycles. The smallest absolute Gasteiger partial charge is 0.281 e. The zero-order valence-corrected chi connectivity index (χ0v) is 12.3. The van der Waals surface area contributed by atoms with Gasteiger partial charge in [-0.05, 0) is 30.5 Å². The van der Waals surface area contributed by atoms with Crippen molar-refractivity contribution in [1.82, 2.24) is 5.43 Å². The molecule has 0 unspecified atom stereocenters. The van der Waals surface area contributed by atoms with Gasteiger partial charge in [-0.15, -0.1) is 11.3 Å². The molecule has 0 radical (unpaired) electrons. The molecule has 108 valence electrons. The second-order valence-corrected chi connectivity index (χ2v) is 5.30. The zero-order chi connectivity index (χ0) is 15.1. The molecule has 5 nitrogen and oxygen atoms in total. The van der Waals surface area contributed by atoms with Gasteiger partial charge in [0.15, 0.2) is 0 Å². The SMILES string of the molecule is CC(CC(=O)Nc1ccccc1)=NNC(=O)c1cccs1. The van der Waals surface area contributed by atoms with Crippen LogP contribution in [0.25, 0.3) is 0 Å². The average molecular weight is 301 g/mol. The van der Waals surface area contributed by atoms with Gasteiger partial charge in [0.25, 0.3) is 5.91 Å². The number of benzene rings is 1. The molecule has 2 N–H and O–H groups in total. The van der Waals surface area contributed by atoms with Gasteiger partial charge < -0.3 is 5.32 Å². The Labute approximate surface area is 126 Å². The molecule has 0 aliphatic carbocycles. The highest BCUT2D eigenvalue weighted by molar-refractivity contribution is 7.12. The van der Waals surface area contributed by atoms with E-state index >= 15 is 0 Å². The van der Waals surface area contributed by atoms with E-state index in [2.05, 4.69) is 15.8 Å². The van der Waals surface area contributed by atoms with E-state index in [0.29, 0.717) is 10.6 Å². The van der Waals surface area contributed by atoms with Crippen LogP contribution in [0.3, 0.4) is 0 Å². The maximum absolute atomic E-state index is 11.8. The van der Waals surface area contributed by atoms with Crippen molar-refractivity contribution in [3.8, 4) is 0 Å². The Hall–Kier alpha value is -2.47. The molecule has 2 aromatic rings. The van der Waals surface area contributed by atoms with Crippen LogP contribution < -0.4 is 10.7 Å². The van der Waals surface area contributed by atoms with Crippen molar-refractivity contribution in [2.45, 2.75) is 13.3 Å². The summed E-state index contributed by atoms with van der Waals surface area (Å²) in [4.78, 5) is 24.1. The second kappa shape index (κ2) is 7.35. The Morgan fingerprint density at radius 2 is 1.90 bits per heavy atom. The van der Waals surface area contributed by atoms with E-state index in [-0.39, 0.29) is 18.2 Å². The lowest BCUT2D eigenvalue weighted by molar-refractivity contribution is -0.115. The second-order valence-electron chi connectivity index (χ2n) is 4.36. The molecule has 1 aromatic heterocycles. The summed E-state index contributed by atoms with van der Waals surface area (Å²) in [6, 6.07) is 12.7. The van der Waals surface area contributed by atoms with Gasteiger partial charge in [0.05, 0.1) is 11.3 Å². The first-order chi connectivity index (χ1) is 10.1. The minimum absolute atomic E-state index is 0.125. The maximum atomic E-state index is 11.8. The number of carbonyl (C=O) groups excluding carboxylic acids is 2. The first-order valence-electron chi connectivity index (χ1n) is 6.37. The highest BCUT2D eigenvalue weighted by Crippen LogP contribution is 2.08. The molecule has 0 bridgehead atoms. The van der Waals surface area contributed by atoms with Gasteiger partial charge in [-0.1, -0.05) is 24.3 Å². The van der Waals surface area contributed by atoms with E-state index < -0.39 is 0 Å². The molecule has 2 amide bonds. The van der Waals surface area contributed by atoms with E-state index in [1.165, 1.54) is 11.3 Å². The van der Waals surface area contributed by atoms with E-state index in [0.717, 1.165) is 5.69 Å². The minimum atomic E-state index is -0.271. The van der Waals surface area contributed by atoms with Crippen LogP contribution in [0.2, 0.25) is 0 Å². The number of hydrogen-bond donors (Lipinski definition) is 2. The summed E-state index contributed by atoms with van der Waals surface area (Å²) in [6.07, 6.45) is 0.125. The summed E-state index contributed by atoms with van der Waals surface area (Å²) >= 11 is 1.34. The number of hydrazone groups is 1. The van der Waals surface area contributed by atoms with Crippen molar-refractivity contribution in [3.63, 3.8) is 0 Å². The average Bonchev–Trinajstić information content (AvgIpc) is 3.00. The topological polar surface area (TPSA) is 70.6 Å². The number of rotatable bonds is 5. The van der Waals surface area contributed by atoms with Gasteiger partial charge in [-0.25, -0.2) is 5.43 Å². The van der Waals surface area contributed by atoms with Crippen LogP contribution in [0.4, 0.5) is 5.69 Å². The third kappa shape index (κ3) is 4.85. The number of para-hydroxylation sites is 1. The number of anilines is 1. The van der Waals surface area contributed by atoms with Gasteiger partial charge in [-0.2, -0.15) is 5.10 Å². The third-order valence-electron chi connectivity index (χ3n) is 2.57. The quantitative estimate of drug-likeness (QED) is 0.658. The minimum Gasteiger partial charge on any atom is -0.326 e. The summed E-state index contributed by atoms with van der Waals surface area (Å²) in [6.45, 7) is 1.69. The number of carbonyl (C=O) groups is 2. The number of amides is 2. The Kier molecular flexibility index (Phi) is 5.22. The molecule has 6 heteroatoms. The van der Waals surface area contributed by atoms with Gasteiger partial charge in [0.2, 0.25) is 5.91 Å². The molecule has 1 heterocycles. The van der Waals surface area contributed by atoms with Crippen LogP contribution in [-0.2, 0) is 4.79 Å². The molecule has 1 aromatic carbocycles. The Morgan fingerprint density at radius 3 is 2.57 bits per heavy atom. The molecule has 0 saturated heterocycles. The molecule has 0 spiro atoms. The normalized spacial score (nSPS) is 11.0. The predicted molar refractivity (Wildman–Crippen MR) is 84.6 cm³/mol. The lowest BCUT2D eigenvalue weighted by Gasteiger charge is -2.05. The predicted octanol–water partition coefficient (Wildman–Crippen LogP) is 2.88. The maximum Gasteiger partial charge on any atom is 0.281 e. The van der Waals surface area contributed by atoms with E-state index in [1.54, 1.807) is 19.1 Å². The summed E-state index contributed by atoms with van der Waals surface area (Å²) in [5, 5.41) is 8.50. The monoisotopic (exact) mass is 301 g/mol. The van der Waals surface area contributed by atoms with Gasteiger partial charge >= 0.3 is 0 Å². The molecule has 21 heavy (non-hydrogen) atoms. The highest BCUT2D eigenvalue weighted by atomic mass is 32.1. The molecular formula is C15H15N3O2S. The van der Waals surface area contributed by atoms with Crippen molar-refractivity contribution in [1.29, 1.82) is 0 Å². The number of nitrogens with one attached hydrogen (secondary N) is 2. The number of hydrogen-bond acceptors (Lipinski definition) is 4. The molecule has 0 atom stereocenters. The fourth-order valence-corrected chi connectivity index (χ4v) is 2.22. The van der Waals surface area contributed by atoms with Crippen molar-refractivity contribution >= 4 is 34.6 Å². The van der Waals surface area contributed by atoms with Crippen molar-refractivity contribution in [2.24, 2.45) is 5.10 Å². The van der Waals surface area contributed by atoms with Crippen molar-refractivity contribution in [2.75, 3.05) is 5.32 Å². The van der Waals surface area contributed by atoms with Crippen LogP contribution in [-0.4, -0.2) is 17.5 Å². The number of thiophene rings is 1. The van der Waals surface area contributed by atoms with E-state index in [1.807, 2.05) is 35.7 Å².